The van der Waals surface area contributed by atoms with Gasteiger partial charge in [0.2, 0.25) is 10.0 Å². The van der Waals surface area contributed by atoms with Gasteiger partial charge < -0.3 is 10.3 Å². The lowest BCUT2D eigenvalue weighted by Gasteiger charge is -2.14. The topological polar surface area (TPSA) is 132 Å². The van der Waals surface area contributed by atoms with E-state index in [2.05, 4.69) is 15.0 Å². The maximum atomic E-state index is 12.4. The van der Waals surface area contributed by atoms with Crippen molar-refractivity contribution in [1.82, 2.24) is 10.3 Å². The Morgan fingerprint density at radius 1 is 1.40 bits per heavy atom. The largest absolute Gasteiger partial charge is 0.349 e. The Hall–Kier alpha value is -2.86. The van der Waals surface area contributed by atoms with Crippen LogP contribution in [0.25, 0.3) is 10.9 Å². The predicted molar refractivity (Wildman–Crippen MR) is 94.8 cm³/mol. The van der Waals surface area contributed by atoms with E-state index in [4.69, 9.17) is 5.26 Å². The van der Waals surface area contributed by atoms with Crippen molar-refractivity contribution >= 4 is 32.5 Å². The lowest BCUT2D eigenvalue weighted by Crippen LogP contribution is -2.35. The summed E-state index contributed by atoms with van der Waals surface area (Å²) in [6.07, 6.45) is 1.72. The minimum absolute atomic E-state index is 0.00311. The van der Waals surface area contributed by atoms with E-state index in [1.165, 1.54) is 12.1 Å². The van der Waals surface area contributed by atoms with Crippen molar-refractivity contribution in [3.8, 4) is 6.07 Å². The van der Waals surface area contributed by atoms with Gasteiger partial charge in [-0.2, -0.15) is 5.26 Å². The lowest BCUT2D eigenvalue weighted by atomic mass is 10.1. The van der Waals surface area contributed by atoms with Crippen molar-refractivity contribution in [2.45, 2.75) is 25.8 Å². The summed E-state index contributed by atoms with van der Waals surface area (Å²) < 4.78 is 25.3. The Kier molecular flexibility index (Phi) is 5.44. The number of para-hydroxylation sites is 1. The number of nitrogens with one attached hydrogen (secondary N) is 3. The monoisotopic (exact) mass is 362 g/mol. The number of aromatic amines is 1. The molecule has 1 amide bonds. The third kappa shape index (κ3) is 4.58. The fourth-order valence-electron chi connectivity index (χ4n) is 2.35. The molecule has 0 radical (unpaired) electrons. The zero-order valence-corrected chi connectivity index (χ0v) is 14.6. The van der Waals surface area contributed by atoms with Crippen molar-refractivity contribution in [2.24, 2.45) is 0 Å². The van der Waals surface area contributed by atoms with E-state index in [-0.39, 0.29) is 34.7 Å². The van der Waals surface area contributed by atoms with Gasteiger partial charge in [0.15, 0.2) is 5.43 Å². The van der Waals surface area contributed by atoms with E-state index < -0.39 is 21.4 Å². The van der Waals surface area contributed by atoms with E-state index >= 15 is 0 Å². The Labute approximate surface area is 144 Å². The molecule has 0 aliphatic rings. The molecular formula is C16H18N4O4S. The minimum atomic E-state index is -3.55. The van der Waals surface area contributed by atoms with Crippen LogP contribution >= 0.6 is 0 Å². The number of aromatic nitrogens is 1. The Balaban J connectivity index is 2.49. The molecule has 132 valence electrons. The molecule has 1 heterocycles. The van der Waals surface area contributed by atoms with Crippen molar-refractivity contribution in [3.63, 3.8) is 0 Å². The summed E-state index contributed by atoms with van der Waals surface area (Å²) in [6, 6.07) is 7.38. The average molecular weight is 362 g/mol. The molecule has 1 aromatic carbocycles. The summed E-state index contributed by atoms with van der Waals surface area (Å²) in [5.74, 6) is -0.532. The number of sulfonamides is 1. The SMILES string of the molecule is CC[C@H](CC#N)NC(=O)c1cc(=O)c2cccc(NS(C)(=O)=O)c2[nH]1. The van der Waals surface area contributed by atoms with Crippen molar-refractivity contribution < 1.29 is 13.2 Å². The first-order valence-electron chi connectivity index (χ1n) is 7.56. The number of fused-ring (bicyclic) bond motifs is 1. The number of carbonyl (C=O) groups excluding carboxylic acids is 1. The molecule has 1 atom stereocenters. The van der Waals surface area contributed by atoms with Crippen LogP contribution in [-0.2, 0) is 10.0 Å². The second-order valence-electron chi connectivity index (χ2n) is 5.59. The van der Waals surface area contributed by atoms with Crippen LogP contribution in [-0.4, -0.2) is 31.6 Å². The molecule has 1 aromatic heterocycles. The van der Waals surface area contributed by atoms with Crippen LogP contribution in [0.15, 0.2) is 29.1 Å². The maximum Gasteiger partial charge on any atom is 0.268 e. The molecule has 0 saturated heterocycles. The van der Waals surface area contributed by atoms with Gasteiger partial charge in [0.25, 0.3) is 5.91 Å². The van der Waals surface area contributed by atoms with Gasteiger partial charge in [-0.1, -0.05) is 13.0 Å². The van der Waals surface area contributed by atoms with Gasteiger partial charge in [0.1, 0.15) is 5.69 Å². The van der Waals surface area contributed by atoms with E-state index in [0.29, 0.717) is 6.42 Å². The average Bonchev–Trinajstić information content (AvgIpc) is 2.53. The normalized spacial score (nSPS) is 12.4. The number of amides is 1. The molecule has 0 aliphatic carbocycles. The Morgan fingerprint density at radius 3 is 2.72 bits per heavy atom. The van der Waals surface area contributed by atoms with Gasteiger partial charge in [0.05, 0.1) is 29.9 Å². The van der Waals surface area contributed by atoms with Gasteiger partial charge in [-0.3, -0.25) is 14.3 Å². The first kappa shape index (κ1) is 18.5. The fourth-order valence-corrected chi connectivity index (χ4v) is 2.92. The molecular weight excluding hydrogens is 344 g/mol. The zero-order valence-electron chi connectivity index (χ0n) is 13.8. The second kappa shape index (κ2) is 7.36. The number of benzene rings is 1. The standard InChI is InChI=1S/C16H18N4O4S/c1-3-10(7-8-17)18-16(22)13-9-14(21)11-5-4-6-12(15(11)19-13)20-25(2,23)24/h4-6,9-10,20H,3,7H2,1-2H3,(H,18,22)(H,19,21)/t10-/m1/s1. The minimum Gasteiger partial charge on any atom is -0.349 e. The van der Waals surface area contributed by atoms with E-state index in [0.717, 1.165) is 12.3 Å². The highest BCUT2D eigenvalue weighted by Gasteiger charge is 2.16. The molecule has 0 fully saturated rings. The quantitative estimate of drug-likeness (QED) is 0.713. The molecule has 25 heavy (non-hydrogen) atoms. The number of carbonyl (C=O) groups is 1. The molecule has 0 bridgehead atoms. The number of hydrogen-bond acceptors (Lipinski definition) is 5. The zero-order chi connectivity index (χ0) is 18.6. The third-order valence-corrected chi connectivity index (χ3v) is 4.16. The maximum absolute atomic E-state index is 12.4. The van der Waals surface area contributed by atoms with Crippen molar-refractivity contribution in [2.75, 3.05) is 11.0 Å². The van der Waals surface area contributed by atoms with Gasteiger partial charge in [-0.15, -0.1) is 0 Å². The smallest absolute Gasteiger partial charge is 0.268 e. The van der Waals surface area contributed by atoms with E-state index in [1.807, 2.05) is 13.0 Å². The van der Waals surface area contributed by atoms with E-state index in [1.54, 1.807) is 6.07 Å². The molecule has 2 rings (SSSR count). The van der Waals surface area contributed by atoms with E-state index in [9.17, 15) is 18.0 Å². The number of H-pyrrole nitrogens is 1. The summed E-state index contributed by atoms with van der Waals surface area (Å²) >= 11 is 0. The van der Waals surface area contributed by atoms with Crippen LogP contribution in [0.5, 0.6) is 0 Å². The predicted octanol–water partition coefficient (Wildman–Crippen LogP) is 1.32. The first-order chi connectivity index (χ1) is 11.7. The summed E-state index contributed by atoms with van der Waals surface area (Å²) in [5, 5.41) is 11.7. The van der Waals surface area contributed by atoms with Crippen LogP contribution in [0.1, 0.15) is 30.3 Å². The molecule has 0 spiro atoms. The highest BCUT2D eigenvalue weighted by Crippen LogP contribution is 2.20. The number of nitrogens with zero attached hydrogens (tertiary/aromatic N) is 1. The Bertz CT molecular complexity index is 1000. The molecule has 0 unspecified atom stereocenters. The van der Waals surface area contributed by atoms with Crippen molar-refractivity contribution in [3.05, 3.63) is 40.2 Å². The highest BCUT2D eigenvalue weighted by atomic mass is 32.2. The molecule has 0 saturated carbocycles. The first-order valence-corrected chi connectivity index (χ1v) is 9.46. The van der Waals surface area contributed by atoms with Crippen LogP contribution in [0.2, 0.25) is 0 Å². The third-order valence-electron chi connectivity index (χ3n) is 3.57. The van der Waals surface area contributed by atoms with Gasteiger partial charge >= 0.3 is 0 Å². The molecule has 8 nitrogen and oxygen atoms in total. The summed E-state index contributed by atoms with van der Waals surface area (Å²) in [7, 11) is -3.55. The molecule has 3 N–H and O–H groups in total. The van der Waals surface area contributed by atoms with Gasteiger partial charge in [-0.25, -0.2) is 8.42 Å². The number of pyridine rings is 1. The molecule has 9 heteroatoms. The fraction of sp³-hybridized carbons (Fsp3) is 0.312. The Morgan fingerprint density at radius 2 is 2.12 bits per heavy atom. The summed E-state index contributed by atoms with van der Waals surface area (Å²) in [5.41, 5.74) is -0.0178. The number of rotatable bonds is 6. The van der Waals surface area contributed by atoms with Crippen LogP contribution in [0, 0.1) is 11.3 Å². The van der Waals surface area contributed by atoms with Crippen LogP contribution in [0.4, 0.5) is 5.69 Å². The number of hydrogen-bond donors (Lipinski definition) is 3. The lowest BCUT2D eigenvalue weighted by molar-refractivity contribution is 0.0932. The highest BCUT2D eigenvalue weighted by molar-refractivity contribution is 7.92. The number of nitriles is 1. The summed E-state index contributed by atoms with van der Waals surface area (Å²) in [4.78, 5) is 27.4. The summed E-state index contributed by atoms with van der Waals surface area (Å²) in [6.45, 7) is 1.83. The van der Waals surface area contributed by atoms with Crippen molar-refractivity contribution in [1.29, 1.82) is 5.26 Å². The number of anilines is 1. The van der Waals surface area contributed by atoms with Gasteiger partial charge in [-0.05, 0) is 18.6 Å². The molecule has 0 aliphatic heterocycles. The van der Waals surface area contributed by atoms with Crippen LogP contribution in [0.3, 0.4) is 0 Å². The molecule has 2 aromatic rings. The van der Waals surface area contributed by atoms with Crippen LogP contribution < -0.4 is 15.5 Å². The van der Waals surface area contributed by atoms with Gasteiger partial charge in [0, 0.05) is 17.5 Å². The second-order valence-corrected chi connectivity index (χ2v) is 7.34.